The van der Waals surface area contributed by atoms with Crippen molar-refractivity contribution in [2.45, 2.75) is 19.8 Å². The zero-order valence-electron chi connectivity index (χ0n) is 15.1. The molecule has 0 bridgehead atoms. The maximum Gasteiger partial charge on any atom is 0.342 e. The third-order valence-corrected chi connectivity index (χ3v) is 4.72. The fraction of sp³-hybridized carbons (Fsp3) is 0.238. The molecule has 0 spiro atoms. The number of carbonyl (C=O) groups excluding carboxylic acids is 1. The van der Waals surface area contributed by atoms with Gasteiger partial charge in [-0.15, -0.1) is 0 Å². The molecule has 0 fully saturated rings. The molecule has 1 aromatic carbocycles. The first-order valence-corrected chi connectivity index (χ1v) is 9.00. The first-order chi connectivity index (χ1) is 13.1. The van der Waals surface area contributed by atoms with E-state index < -0.39 is 5.97 Å². The minimum atomic E-state index is -0.445. The van der Waals surface area contributed by atoms with Gasteiger partial charge in [-0.2, -0.15) is 5.10 Å². The van der Waals surface area contributed by atoms with E-state index in [9.17, 15) is 9.18 Å². The van der Waals surface area contributed by atoms with Crippen molar-refractivity contribution in [1.82, 2.24) is 9.61 Å². The molecule has 0 atom stereocenters. The number of nitrogens with one attached hydrogen (secondary N) is 1. The van der Waals surface area contributed by atoms with Crippen LogP contribution in [0.2, 0.25) is 0 Å². The first-order valence-electron chi connectivity index (χ1n) is 9.00. The predicted octanol–water partition coefficient (Wildman–Crippen LogP) is 4.54. The number of hydrogen-bond donors (Lipinski definition) is 1. The van der Waals surface area contributed by atoms with Crippen molar-refractivity contribution in [3.8, 4) is 11.3 Å². The number of allylic oxidation sites excluding steroid dienone is 1. The van der Waals surface area contributed by atoms with Gasteiger partial charge < -0.3 is 10.1 Å². The van der Waals surface area contributed by atoms with Gasteiger partial charge in [0.15, 0.2) is 0 Å². The Kier molecular flexibility index (Phi) is 4.39. The summed E-state index contributed by atoms with van der Waals surface area (Å²) in [6.07, 6.45) is 3.77. The lowest BCUT2D eigenvalue weighted by Gasteiger charge is -2.10. The SMILES string of the molecule is C=C1CCCNc2cn3nc(-c4ccc(F)cc4)c(C(=O)OCC)c3cc21. The molecule has 0 saturated heterocycles. The van der Waals surface area contributed by atoms with E-state index in [1.165, 1.54) is 12.1 Å². The Hall–Kier alpha value is -3.15. The molecule has 5 nitrogen and oxygen atoms in total. The quantitative estimate of drug-likeness (QED) is 0.693. The molecule has 0 saturated carbocycles. The van der Waals surface area contributed by atoms with E-state index in [2.05, 4.69) is 17.0 Å². The number of rotatable bonds is 3. The van der Waals surface area contributed by atoms with Crippen molar-refractivity contribution in [1.29, 1.82) is 0 Å². The number of fused-ring (bicyclic) bond motifs is 2. The number of pyridine rings is 1. The lowest BCUT2D eigenvalue weighted by Crippen LogP contribution is -2.06. The van der Waals surface area contributed by atoms with Crippen molar-refractivity contribution in [3.05, 3.63) is 60.1 Å². The summed E-state index contributed by atoms with van der Waals surface area (Å²) >= 11 is 0. The van der Waals surface area contributed by atoms with Crippen LogP contribution < -0.4 is 5.32 Å². The summed E-state index contributed by atoms with van der Waals surface area (Å²) in [7, 11) is 0. The molecule has 0 aliphatic carbocycles. The van der Waals surface area contributed by atoms with Crippen LogP contribution in [0.25, 0.3) is 22.3 Å². The standard InChI is InChI=1S/C21H20FN3O2/c1-3-27-21(26)19-18-11-16-13(2)5-4-10-23-17(16)12-25(18)24-20(19)14-6-8-15(22)9-7-14/h6-9,11-12,23H,2-5,10H2,1H3. The molecule has 6 heteroatoms. The molecule has 1 aliphatic rings. The minimum Gasteiger partial charge on any atom is -0.462 e. The van der Waals surface area contributed by atoms with Gasteiger partial charge in [0.1, 0.15) is 17.1 Å². The maximum atomic E-state index is 13.3. The van der Waals surface area contributed by atoms with Gasteiger partial charge in [0.25, 0.3) is 0 Å². The lowest BCUT2D eigenvalue weighted by molar-refractivity contribution is 0.0529. The van der Waals surface area contributed by atoms with E-state index in [1.54, 1.807) is 23.6 Å². The summed E-state index contributed by atoms with van der Waals surface area (Å²) in [4.78, 5) is 12.7. The minimum absolute atomic E-state index is 0.262. The van der Waals surface area contributed by atoms with Crippen molar-refractivity contribution in [3.63, 3.8) is 0 Å². The Bertz CT molecular complexity index is 1040. The number of aromatic nitrogens is 2. The molecule has 1 aliphatic heterocycles. The molecule has 4 rings (SSSR count). The Morgan fingerprint density at radius 2 is 2.15 bits per heavy atom. The highest BCUT2D eigenvalue weighted by molar-refractivity contribution is 6.04. The largest absolute Gasteiger partial charge is 0.462 e. The topological polar surface area (TPSA) is 55.6 Å². The van der Waals surface area contributed by atoms with Gasteiger partial charge in [0, 0.05) is 17.7 Å². The normalized spacial score (nSPS) is 13.8. The zero-order chi connectivity index (χ0) is 19.0. The Labute approximate surface area is 156 Å². The Balaban J connectivity index is 1.97. The van der Waals surface area contributed by atoms with Crippen molar-refractivity contribution >= 4 is 22.7 Å². The van der Waals surface area contributed by atoms with E-state index in [1.807, 2.05) is 12.3 Å². The van der Waals surface area contributed by atoms with Gasteiger partial charge in [-0.05, 0) is 55.7 Å². The average Bonchev–Trinajstić information content (AvgIpc) is 2.93. The summed E-state index contributed by atoms with van der Waals surface area (Å²) in [5.41, 5.74) is 5.10. The van der Waals surface area contributed by atoms with Crippen LogP contribution in [-0.4, -0.2) is 28.7 Å². The van der Waals surface area contributed by atoms with Crippen LogP contribution >= 0.6 is 0 Å². The molecule has 27 heavy (non-hydrogen) atoms. The molecule has 3 heterocycles. The van der Waals surface area contributed by atoms with Crippen LogP contribution in [-0.2, 0) is 4.74 Å². The highest BCUT2D eigenvalue weighted by atomic mass is 19.1. The lowest BCUT2D eigenvalue weighted by atomic mass is 10.0. The molecule has 1 N–H and O–H groups in total. The molecule has 3 aromatic rings. The Morgan fingerprint density at radius 3 is 2.89 bits per heavy atom. The highest BCUT2D eigenvalue weighted by Crippen LogP contribution is 2.34. The van der Waals surface area contributed by atoms with Gasteiger partial charge in [-0.3, -0.25) is 0 Å². The van der Waals surface area contributed by atoms with E-state index in [-0.39, 0.29) is 12.4 Å². The molecule has 2 aromatic heterocycles. The van der Waals surface area contributed by atoms with Crippen LogP contribution in [0.1, 0.15) is 35.7 Å². The van der Waals surface area contributed by atoms with Crippen LogP contribution in [0.5, 0.6) is 0 Å². The van der Waals surface area contributed by atoms with Crippen LogP contribution in [0.15, 0.2) is 43.1 Å². The smallest absolute Gasteiger partial charge is 0.342 e. The number of hydrogen-bond acceptors (Lipinski definition) is 4. The number of ether oxygens (including phenoxy) is 1. The summed E-state index contributed by atoms with van der Waals surface area (Å²) in [5, 5.41) is 7.99. The Morgan fingerprint density at radius 1 is 1.37 bits per heavy atom. The number of esters is 1. The summed E-state index contributed by atoms with van der Waals surface area (Å²) in [5.74, 6) is -0.786. The van der Waals surface area contributed by atoms with Crippen LogP contribution in [0.4, 0.5) is 10.1 Å². The molecular weight excluding hydrogens is 345 g/mol. The number of carbonyl (C=O) groups is 1. The fourth-order valence-corrected chi connectivity index (χ4v) is 3.40. The maximum absolute atomic E-state index is 13.3. The van der Waals surface area contributed by atoms with E-state index >= 15 is 0 Å². The van der Waals surface area contributed by atoms with Gasteiger partial charge >= 0.3 is 5.97 Å². The van der Waals surface area contributed by atoms with E-state index in [4.69, 9.17) is 4.74 Å². The van der Waals surface area contributed by atoms with E-state index in [0.717, 1.165) is 36.2 Å². The second-order valence-corrected chi connectivity index (χ2v) is 6.52. The number of nitrogens with zero attached hydrogens (tertiary/aromatic N) is 2. The van der Waals surface area contributed by atoms with Crippen molar-refractivity contribution in [2.75, 3.05) is 18.5 Å². The summed E-state index contributed by atoms with van der Waals surface area (Å²) in [6.45, 7) is 7.06. The molecule has 138 valence electrons. The fourth-order valence-electron chi connectivity index (χ4n) is 3.40. The van der Waals surface area contributed by atoms with Crippen molar-refractivity contribution in [2.24, 2.45) is 0 Å². The average molecular weight is 365 g/mol. The monoisotopic (exact) mass is 365 g/mol. The van der Waals surface area contributed by atoms with Gasteiger partial charge in [0.05, 0.1) is 24.0 Å². The van der Waals surface area contributed by atoms with Gasteiger partial charge in [-0.25, -0.2) is 13.7 Å². The van der Waals surface area contributed by atoms with Crippen LogP contribution in [0, 0.1) is 5.82 Å². The van der Waals surface area contributed by atoms with E-state index in [0.29, 0.717) is 22.3 Å². The highest BCUT2D eigenvalue weighted by Gasteiger charge is 2.24. The second kappa shape index (κ2) is 6.87. The first kappa shape index (κ1) is 17.3. The van der Waals surface area contributed by atoms with Crippen molar-refractivity contribution < 1.29 is 13.9 Å². The number of halogens is 1. The number of benzene rings is 1. The zero-order valence-corrected chi connectivity index (χ0v) is 15.1. The summed E-state index contributed by atoms with van der Waals surface area (Å²) < 4.78 is 20.3. The summed E-state index contributed by atoms with van der Waals surface area (Å²) in [6, 6.07) is 7.87. The third-order valence-electron chi connectivity index (χ3n) is 4.72. The van der Waals surface area contributed by atoms with Gasteiger partial charge in [0.2, 0.25) is 0 Å². The molecule has 0 radical (unpaired) electrons. The molecular formula is C21H20FN3O2. The second-order valence-electron chi connectivity index (χ2n) is 6.52. The third kappa shape index (κ3) is 3.07. The van der Waals surface area contributed by atoms with Gasteiger partial charge in [-0.1, -0.05) is 6.58 Å². The van der Waals surface area contributed by atoms with Crippen LogP contribution in [0.3, 0.4) is 0 Å². The molecule has 0 amide bonds. The predicted molar refractivity (Wildman–Crippen MR) is 103 cm³/mol. The number of anilines is 1. The molecule has 0 unspecified atom stereocenters.